The van der Waals surface area contributed by atoms with Crippen LogP contribution >= 0.6 is 0 Å². The summed E-state index contributed by atoms with van der Waals surface area (Å²) in [6.45, 7) is 3.37. The molecule has 140 valence electrons. The molecule has 0 aliphatic rings. The second-order valence-corrected chi connectivity index (χ2v) is 5.79. The molecule has 2 heterocycles. The van der Waals surface area contributed by atoms with Gasteiger partial charge < -0.3 is 10.1 Å². The first-order chi connectivity index (χ1) is 12.9. The van der Waals surface area contributed by atoms with Gasteiger partial charge in [-0.3, -0.25) is 14.6 Å². The topological polar surface area (TPSA) is 102 Å². The zero-order chi connectivity index (χ0) is 19.4. The highest BCUT2D eigenvalue weighted by molar-refractivity contribution is 5.91. The van der Waals surface area contributed by atoms with Crippen molar-refractivity contribution in [3.63, 3.8) is 0 Å². The largest absolute Gasteiger partial charge is 0.484 e. The number of carbonyl (C=O) groups excluding carboxylic acids is 1. The van der Waals surface area contributed by atoms with Gasteiger partial charge in [0.15, 0.2) is 6.61 Å². The van der Waals surface area contributed by atoms with Crippen LogP contribution in [0, 0.1) is 12.7 Å². The summed E-state index contributed by atoms with van der Waals surface area (Å²) in [6, 6.07) is 8.41. The fourth-order valence-electron chi connectivity index (χ4n) is 2.38. The molecule has 3 rings (SSSR count). The van der Waals surface area contributed by atoms with E-state index < -0.39 is 5.91 Å². The Hall–Kier alpha value is -3.49. The smallest absolute Gasteiger partial charge is 0.263 e. The lowest BCUT2D eigenvalue weighted by atomic mass is 10.3. The fraction of sp³-hybridized carbons (Fsp3) is 0.222. The number of nitrogens with zero attached hydrogens (tertiary/aromatic N) is 3. The van der Waals surface area contributed by atoms with Gasteiger partial charge in [-0.2, -0.15) is 9.78 Å². The van der Waals surface area contributed by atoms with Crippen molar-refractivity contribution in [2.75, 3.05) is 11.9 Å². The minimum absolute atomic E-state index is 0.210. The summed E-state index contributed by atoms with van der Waals surface area (Å²) in [5.41, 5.74) is 0.940. The van der Waals surface area contributed by atoms with Gasteiger partial charge in [-0.15, -0.1) is 0 Å². The van der Waals surface area contributed by atoms with Gasteiger partial charge in [0, 0.05) is 17.8 Å². The van der Waals surface area contributed by atoms with Crippen LogP contribution in [0.2, 0.25) is 0 Å². The monoisotopic (exact) mass is 371 g/mol. The Morgan fingerprint density at radius 2 is 2.04 bits per heavy atom. The van der Waals surface area contributed by atoms with Crippen molar-refractivity contribution < 1.29 is 13.9 Å². The predicted octanol–water partition coefficient (Wildman–Crippen LogP) is 1.98. The summed E-state index contributed by atoms with van der Waals surface area (Å²) >= 11 is 0. The molecule has 0 atom stereocenters. The normalized spacial score (nSPS) is 10.6. The number of H-pyrrole nitrogens is 1. The average molecular weight is 371 g/mol. The molecule has 9 heteroatoms. The first-order valence-electron chi connectivity index (χ1n) is 8.30. The van der Waals surface area contributed by atoms with Gasteiger partial charge >= 0.3 is 0 Å². The molecule has 27 heavy (non-hydrogen) atoms. The van der Waals surface area contributed by atoms with E-state index in [4.69, 9.17) is 4.74 Å². The van der Waals surface area contributed by atoms with Crippen LogP contribution in [0.1, 0.15) is 18.3 Å². The SMILES string of the molecule is CCc1cc(=O)[nH]c(-n2nc(C)cc2NC(=O)COc2ccc(F)cc2)n1. The number of nitrogens with one attached hydrogen (secondary N) is 2. The molecule has 0 radical (unpaired) electrons. The number of benzene rings is 1. The highest BCUT2D eigenvalue weighted by Gasteiger charge is 2.14. The molecule has 0 saturated carbocycles. The van der Waals surface area contributed by atoms with E-state index in [0.29, 0.717) is 29.4 Å². The summed E-state index contributed by atoms with van der Waals surface area (Å²) in [5.74, 6) is 0.105. The Labute approximate surface area is 154 Å². The minimum atomic E-state index is -0.436. The van der Waals surface area contributed by atoms with Crippen LogP contribution in [0.15, 0.2) is 41.2 Å². The van der Waals surface area contributed by atoms with Crippen LogP contribution in [-0.4, -0.2) is 32.3 Å². The van der Waals surface area contributed by atoms with E-state index in [2.05, 4.69) is 20.4 Å². The lowest BCUT2D eigenvalue weighted by molar-refractivity contribution is -0.118. The molecule has 0 unspecified atom stereocenters. The molecule has 0 fully saturated rings. The minimum Gasteiger partial charge on any atom is -0.484 e. The van der Waals surface area contributed by atoms with Crippen molar-refractivity contribution in [2.24, 2.45) is 0 Å². The van der Waals surface area contributed by atoms with Gasteiger partial charge in [-0.05, 0) is 37.6 Å². The van der Waals surface area contributed by atoms with Crippen molar-refractivity contribution >= 4 is 11.7 Å². The van der Waals surface area contributed by atoms with Gasteiger partial charge in [0.05, 0.1) is 5.69 Å². The molecule has 0 aliphatic carbocycles. The van der Waals surface area contributed by atoms with Crippen LogP contribution < -0.4 is 15.6 Å². The number of aromatic amines is 1. The molecule has 0 saturated heterocycles. The lowest BCUT2D eigenvalue weighted by Crippen LogP contribution is -2.23. The molecule has 0 bridgehead atoms. The zero-order valence-electron chi connectivity index (χ0n) is 14.8. The van der Waals surface area contributed by atoms with Gasteiger partial charge in [0.25, 0.3) is 11.5 Å². The Bertz CT molecular complexity index is 1010. The van der Waals surface area contributed by atoms with E-state index in [0.717, 1.165) is 0 Å². The lowest BCUT2D eigenvalue weighted by Gasteiger charge is -2.09. The van der Waals surface area contributed by atoms with Crippen LogP contribution in [0.4, 0.5) is 10.2 Å². The van der Waals surface area contributed by atoms with Crippen LogP contribution in [-0.2, 0) is 11.2 Å². The van der Waals surface area contributed by atoms with E-state index in [9.17, 15) is 14.0 Å². The number of carbonyl (C=O) groups is 1. The molecular weight excluding hydrogens is 353 g/mol. The van der Waals surface area contributed by atoms with E-state index in [1.165, 1.54) is 35.0 Å². The molecule has 1 aromatic carbocycles. The number of ether oxygens (including phenoxy) is 1. The van der Waals surface area contributed by atoms with Crippen molar-refractivity contribution in [2.45, 2.75) is 20.3 Å². The summed E-state index contributed by atoms with van der Waals surface area (Å²) in [6.07, 6.45) is 0.588. The van der Waals surface area contributed by atoms with Crippen LogP contribution in [0.25, 0.3) is 5.95 Å². The second-order valence-electron chi connectivity index (χ2n) is 5.79. The number of rotatable bonds is 6. The van der Waals surface area contributed by atoms with Crippen LogP contribution in [0.5, 0.6) is 5.75 Å². The maximum absolute atomic E-state index is 12.9. The highest BCUT2D eigenvalue weighted by atomic mass is 19.1. The molecule has 2 N–H and O–H groups in total. The quantitative estimate of drug-likeness (QED) is 0.690. The van der Waals surface area contributed by atoms with E-state index in [-0.39, 0.29) is 23.9 Å². The van der Waals surface area contributed by atoms with E-state index >= 15 is 0 Å². The van der Waals surface area contributed by atoms with Crippen molar-refractivity contribution in [1.82, 2.24) is 19.7 Å². The third kappa shape index (κ3) is 4.57. The van der Waals surface area contributed by atoms with Gasteiger partial charge in [-0.1, -0.05) is 6.92 Å². The first-order valence-corrected chi connectivity index (χ1v) is 8.30. The maximum atomic E-state index is 12.9. The first kappa shape index (κ1) is 18.3. The summed E-state index contributed by atoms with van der Waals surface area (Å²) in [5, 5.41) is 6.93. The maximum Gasteiger partial charge on any atom is 0.263 e. The van der Waals surface area contributed by atoms with Crippen molar-refractivity contribution in [3.8, 4) is 11.7 Å². The number of amides is 1. The summed E-state index contributed by atoms with van der Waals surface area (Å²) in [7, 11) is 0. The van der Waals surface area contributed by atoms with Crippen molar-refractivity contribution in [1.29, 1.82) is 0 Å². The Kier molecular flexibility index (Phi) is 5.30. The number of aromatic nitrogens is 4. The molecule has 1 amide bonds. The molecule has 0 aliphatic heterocycles. The Balaban J connectivity index is 1.76. The average Bonchev–Trinajstić information content (AvgIpc) is 3.01. The second kappa shape index (κ2) is 7.81. The third-order valence-electron chi connectivity index (χ3n) is 3.63. The van der Waals surface area contributed by atoms with E-state index in [1.807, 2.05) is 6.92 Å². The Morgan fingerprint density at radius 1 is 1.30 bits per heavy atom. The zero-order valence-corrected chi connectivity index (χ0v) is 14.8. The van der Waals surface area contributed by atoms with Gasteiger partial charge in [0.1, 0.15) is 17.4 Å². The summed E-state index contributed by atoms with van der Waals surface area (Å²) in [4.78, 5) is 30.9. The molecule has 8 nitrogen and oxygen atoms in total. The molecular formula is C18H18FN5O3. The summed E-state index contributed by atoms with van der Waals surface area (Å²) < 4.78 is 19.6. The van der Waals surface area contributed by atoms with Crippen LogP contribution in [0.3, 0.4) is 0 Å². The van der Waals surface area contributed by atoms with E-state index in [1.54, 1.807) is 13.0 Å². The predicted molar refractivity (Wildman–Crippen MR) is 96.6 cm³/mol. The highest BCUT2D eigenvalue weighted by Crippen LogP contribution is 2.15. The standard InChI is InChI=1S/C18H18FN5O3/c1-3-13-9-16(25)22-18(20-13)24-15(8-11(2)23-24)21-17(26)10-27-14-6-4-12(19)5-7-14/h4-9H,3,10H2,1-2H3,(H,21,26)(H,20,22,25). The number of anilines is 1. The number of halogens is 1. The third-order valence-corrected chi connectivity index (χ3v) is 3.63. The van der Waals surface area contributed by atoms with Crippen molar-refractivity contribution in [3.05, 3.63) is 64.0 Å². The molecule has 0 spiro atoms. The fourth-order valence-corrected chi connectivity index (χ4v) is 2.38. The number of hydrogen-bond donors (Lipinski definition) is 2. The molecule has 3 aromatic rings. The van der Waals surface area contributed by atoms with Gasteiger partial charge in [-0.25, -0.2) is 9.37 Å². The molecule has 2 aromatic heterocycles. The Morgan fingerprint density at radius 3 is 2.74 bits per heavy atom. The number of hydrogen-bond acceptors (Lipinski definition) is 5. The number of aryl methyl sites for hydroxylation is 2. The van der Waals surface area contributed by atoms with Gasteiger partial charge in [0.2, 0.25) is 5.95 Å².